The lowest BCUT2D eigenvalue weighted by Gasteiger charge is -2.27. The molecule has 1 aromatic carbocycles. The predicted molar refractivity (Wildman–Crippen MR) is 85.6 cm³/mol. The standard InChI is InChI=1S/C16H26N2O2S/c1-4-13(3)18(5-2)21(19,20)16-9-7-6-8-14(16)12-17-15-10-11-15/h6-9,13,15,17H,4-5,10-12H2,1-3H3. The van der Waals surface area contributed by atoms with E-state index >= 15 is 0 Å². The van der Waals surface area contributed by atoms with Crippen LogP contribution < -0.4 is 5.32 Å². The van der Waals surface area contributed by atoms with Crippen LogP contribution in [0.4, 0.5) is 0 Å². The molecule has 1 unspecified atom stereocenters. The van der Waals surface area contributed by atoms with E-state index in [1.807, 2.05) is 32.9 Å². The van der Waals surface area contributed by atoms with E-state index in [2.05, 4.69) is 5.32 Å². The van der Waals surface area contributed by atoms with Gasteiger partial charge in [-0.15, -0.1) is 0 Å². The molecule has 2 rings (SSSR count). The van der Waals surface area contributed by atoms with Crippen LogP contribution in [0.1, 0.15) is 45.6 Å². The third-order valence-electron chi connectivity index (χ3n) is 4.11. The summed E-state index contributed by atoms with van der Waals surface area (Å²) in [4.78, 5) is 0.445. The van der Waals surface area contributed by atoms with Gasteiger partial charge in [-0.05, 0) is 37.8 Å². The Hall–Kier alpha value is -0.910. The molecule has 118 valence electrons. The summed E-state index contributed by atoms with van der Waals surface area (Å²) in [7, 11) is -3.43. The third kappa shape index (κ3) is 3.84. The van der Waals surface area contributed by atoms with Crippen LogP contribution in [-0.4, -0.2) is 31.4 Å². The number of nitrogens with one attached hydrogen (secondary N) is 1. The first-order valence-electron chi connectivity index (χ1n) is 7.83. The number of hydrogen-bond acceptors (Lipinski definition) is 3. The topological polar surface area (TPSA) is 49.4 Å². The summed E-state index contributed by atoms with van der Waals surface area (Å²) in [6, 6.07) is 7.93. The van der Waals surface area contributed by atoms with Crippen LogP contribution in [0.15, 0.2) is 29.2 Å². The molecule has 1 N–H and O–H groups in total. The van der Waals surface area contributed by atoms with Crippen LogP contribution >= 0.6 is 0 Å². The Labute approximate surface area is 128 Å². The van der Waals surface area contributed by atoms with Crippen LogP contribution in [-0.2, 0) is 16.6 Å². The molecule has 1 aliphatic rings. The second kappa shape index (κ2) is 6.90. The molecule has 5 heteroatoms. The van der Waals surface area contributed by atoms with Gasteiger partial charge >= 0.3 is 0 Å². The number of hydrogen-bond donors (Lipinski definition) is 1. The number of benzene rings is 1. The van der Waals surface area contributed by atoms with Crippen LogP contribution in [0, 0.1) is 0 Å². The summed E-state index contributed by atoms with van der Waals surface area (Å²) in [5, 5.41) is 3.40. The lowest BCUT2D eigenvalue weighted by molar-refractivity contribution is 0.342. The van der Waals surface area contributed by atoms with Gasteiger partial charge in [-0.1, -0.05) is 32.0 Å². The number of nitrogens with zero attached hydrogens (tertiary/aromatic N) is 1. The van der Waals surface area contributed by atoms with Gasteiger partial charge in [0.1, 0.15) is 0 Å². The second-order valence-electron chi connectivity index (χ2n) is 5.73. The minimum absolute atomic E-state index is 0.0180. The lowest BCUT2D eigenvalue weighted by Crippen LogP contribution is -2.38. The zero-order valence-electron chi connectivity index (χ0n) is 13.2. The van der Waals surface area contributed by atoms with Crippen molar-refractivity contribution >= 4 is 10.0 Å². The van der Waals surface area contributed by atoms with Crippen molar-refractivity contribution < 1.29 is 8.42 Å². The highest BCUT2D eigenvalue weighted by Crippen LogP contribution is 2.24. The molecule has 4 nitrogen and oxygen atoms in total. The smallest absolute Gasteiger partial charge is 0.243 e. The van der Waals surface area contributed by atoms with Gasteiger partial charge in [-0.2, -0.15) is 4.31 Å². The van der Waals surface area contributed by atoms with Gasteiger partial charge < -0.3 is 5.32 Å². The fourth-order valence-electron chi connectivity index (χ4n) is 2.49. The van der Waals surface area contributed by atoms with Gasteiger partial charge in [0.05, 0.1) is 4.90 Å². The van der Waals surface area contributed by atoms with Crippen LogP contribution in [0.25, 0.3) is 0 Å². The molecule has 0 amide bonds. The Morgan fingerprint density at radius 2 is 1.95 bits per heavy atom. The summed E-state index contributed by atoms with van der Waals surface area (Å²) in [5.74, 6) is 0. The SMILES string of the molecule is CCC(C)N(CC)S(=O)(=O)c1ccccc1CNC1CC1. The van der Waals surface area contributed by atoms with Crippen LogP contribution in [0.5, 0.6) is 0 Å². The Bertz CT molecular complexity index is 567. The zero-order valence-corrected chi connectivity index (χ0v) is 14.0. The Morgan fingerprint density at radius 1 is 1.29 bits per heavy atom. The molecule has 0 heterocycles. The molecule has 1 aliphatic carbocycles. The minimum Gasteiger partial charge on any atom is -0.310 e. The van der Waals surface area contributed by atoms with Crippen molar-refractivity contribution in [3.05, 3.63) is 29.8 Å². The van der Waals surface area contributed by atoms with Gasteiger partial charge in [0.15, 0.2) is 0 Å². The second-order valence-corrected chi connectivity index (χ2v) is 7.59. The molecule has 0 radical (unpaired) electrons. The van der Waals surface area contributed by atoms with E-state index in [-0.39, 0.29) is 6.04 Å². The van der Waals surface area contributed by atoms with Crippen molar-refractivity contribution in [3.8, 4) is 0 Å². The predicted octanol–water partition coefficient (Wildman–Crippen LogP) is 2.75. The van der Waals surface area contributed by atoms with E-state index in [0.29, 0.717) is 24.0 Å². The van der Waals surface area contributed by atoms with Gasteiger partial charge in [0, 0.05) is 25.2 Å². The Balaban J connectivity index is 2.29. The van der Waals surface area contributed by atoms with E-state index in [0.717, 1.165) is 12.0 Å². The Morgan fingerprint density at radius 3 is 2.52 bits per heavy atom. The first-order chi connectivity index (χ1) is 10.0. The molecule has 1 atom stereocenters. The van der Waals surface area contributed by atoms with Crippen molar-refractivity contribution in [2.24, 2.45) is 0 Å². The van der Waals surface area contributed by atoms with Crippen molar-refractivity contribution in [3.63, 3.8) is 0 Å². The van der Waals surface area contributed by atoms with E-state index in [1.165, 1.54) is 12.8 Å². The largest absolute Gasteiger partial charge is 0.310 e. The maximum absolute atomic E-state index is 12.9. The highest BCUT2D eigenvalue weighted by atomic mass is 32.2. The molecule has 0 spiro atoms. The van der Waals surface area contributed by atoms with E-state index < -0.39 is 10.0 Å². The normalized spacial score (nSPS) is 17.1. The zero-order chi connectivity index (χ0) is 15.5. The summed E-state index contributed by atoms with van der Waals surface area (Å²) in [5.41, 5.74) is 0.867. The quantitative estimate of drug-likeness (QED) is 0.803. The van der Waals surface area contributed by atoms with E-state index in [1.54, 1.807) is 16.4 Å². The van der Waals surface area contributed by atoms with Crippen LogP contribution in [0.3, 0.4) is 0 Å². The highest BCUT2D eigenvalue weighted by molar-refractivity contribution is 7.89. The summed E-state index contributed by atoms with van der Waals surface area (Å²) in [6.07, 6.45) is 3.21. The van der Waals surface area contributed by atoms with Crippen molar-refractivity contribution in [1.29, 1.82) is 0 Å². The lowest BCUT2D eigenvalue weighted by atomic mass is 10.2. The number of rotatable bonds is 8. The maximum atomic E-state index is 12.9. The minimum atomic E-state index is -3.43. The molecule has 1 saturated carbocycles. The molecule has 0 saturated heterocycles. The summed E-state index contributed by atoms with van der Waals surface area (Å²) < 4.78 is 27.5. The van der Waals surface area contributed by atoms with Gasteiger partial charge in [-0.3, -0.25) is 0 Å². The molecule has 21 heavy (non-hydrogen) atoms. The van der Waals surface area contributed by atoms with E-state index in [4.69, 9.17) is 0 Å². The third-order valence-corrected chi connectivity index (χ3v) is 6.30. The molecule has 0 bridgehead atoms. The summed E-state index contributed by atoms with van der Waals surface area (Å²) >= 11 is 0. The molecular formula is C16H26N2O2S. The molecule has 1 aromatic rings. The molecule has 0 aliphatic heterocycles. The van der Waals surface area contributed by atoms with Gasteiger partial charge in [0.25, 0.3) is 0 Å². The average Bonchev–Trinajstić information content (AvgIpc) is 3.29. The fourth-order valence-corrected chi connectivity index (χ4v) is 4.43. The van der Waals surface area contributed by atoms with Crippen molar-refractivity contribution in [2.45, 2.75) is 63.6 Å². The average molecular weight is 310 g/mol. The number of sulfonamides is 1. The monoisotopic (exact) mass is 310 g/mol. The van der Waals surface area contributed by atoms with Gasteiger partial charge in [0.2, 0.25) is 10.0 Å². The van der Waals surface area contributed by atoms with Crippen LogP contribution in [0.2, 0.25) is 0 Å². The highest BCUT2D eigenvalue weighted by Gasteiger charge is 2.29. The molecule has 0 aromatic heterocycles. The molecule has 1 fully saturated rings. The van der Waals surface area contributed by atoms with E-state index in [9.17, 15) is 8.42 Å². The molecular weight excluding hydrogens is 284 g/mol. The summed E-state index contributed by atoms with van der Waals surface area (Å²) in [6.45, 7) is 7.00. The fraction of sp³-hybridized carbons (Fsp3) is 0.625. The first kappa shape index (κ1) is 16.5. The first-order valence-corrected chi connectivity index (χ1v) is 9.27. The Kier molecular flexibility index (Phi) is 5.41. The maximum Gasteiger partial charge on any atom is 0.243 e. The van der Waals surface area contributed by atoms with Crippen molar-refractivity contribution in [2.75, 3.05) is 6.54 Å². The van der Waals surface area contributed by atoms with Gasteiger partial charge in [-0.25, -0.2) is 8.42 Å². The van der Waals surface area contributed by atoms with Crippen molar-refractivity contribution in [1.82, 2.24) is 9.62 Å².